The number of sulfonamides is 1. The third kappa shape index (κ3) is 5.87. The first-order valence-electron chi connectivity index (χ1n) is 14.8. The van der Waals surface area contributed by atoms with E-state index >= 15 is 0 Å². The Morgan fingerprint density at radius 3 is 2.39 bits per heavy atom. The number of aliphatic hydroxyl groups excluding tert-OH is 2. The summed E-state index contributed by atoms with van der Waals surface area (Å²) >= 11 is 0. The number of carbonyl (C=O) groups excluding carboxylic acids is 1. The number of rotatable bonds is 10. The number of aliphatic hydroxyl groups is 2. The van der Waals surface area contributed by atoms with Gasteiger partial charge in [0.1, 0.15) is 17.7 Å². The van der Waals surface area contributed by atoms with Gasteiger partial charge in [-0.05, 0) is 78.9 Å². The van der Waals surface area contributed by atoms with Gasteiger partial charge in [-0.3, -0.25) is 9.10 Å². The number of hydrogen-bond donors (Lipinski definition) is 4. The molecule has 0 radical (unpaired) electrons. The molecule has 0 aliphatic heterocycles. The van der Waals surface area contributed by atoms with Crippen LogP contribution in [0.4, 0.5) is 10.1 Å². The van der Waals surface area contributed by atoms with Crippen molar-refractivity contribution in [3.05, 3.63) is 113 Å². The van der Waals surface area contributed by atoms with E-state index in [0.29, 0.717) is 27.8 Å². The van der Waals surface area contributed by atoms with E-state index in [-0.39, 0.29) is 29.4 Å². The Hall–Kier alpha value is -4.62. The second-order valence-corrected chi connectivity index (χ2v) is 13.5. The lowest BCUT2D eigenvalue weighted by Crippen LogP contribution is -2.35. The van der Waals surface area contributed by atoms with Crippen LogP contribution in [0, 0.1) is 12.7 Å². The molecule has 0 saturated heterocycles. The van der Waals surface area contributed by atoms with Crippen molar-refractivity contribution in [2.24, 2.45) is 5.73 Å². The summed E-state index contributed by atoms with van der Waals surface area (Å²) in [5.74, 6) is -0.725. The van der Waals surface area contributed by atoms with Gasteiger partial charge in [0.05, 0.1) is 42.3 Å². The van der Waals surface area contributed by atoms with Crippen molar-refractivity contribution in [3.63, 3.8) is 0 Å². The maximum absolute atomic E-state index is 13.7. The van der Waals surface area contributed by atoms with Crippen LogP contribution in [0.1, 0.15) is 46.1 Å². The van der Waals surface area contributed by atoms with Gasteiger partial charge < -0.3 is 21.3 Å². The molecule has 1 aliphatic carbocycles. The number of nitrogens with one attached hydrogen (secondary N) is 1. The van der Waals surface area contributed by atoms with Gasteiger partial charge in [0.2, 0.25) is 10.0 Å². The highest BCUT2D eigenvalue weighted by Gasteiger charge is 2.45. The van der Waals surface area contributed by atoms with Crippen LogP contribution >= 0.6 is 0 Å². The third-order valence-corrected chi connectivity index (χ3v) is 9.57. The van der Waals surface area contributed by atoms with E-state index in [4.69, 9.17) is 5.73 Å². The largest absolute Gasteiger partial charge is 0.394 e. The van der Waals surface area contributed by atoms with Gasteiger partial charge in [-0.25, -0.2) is 17.3 Å². The Morgan fingerprint density at radius 1 is 1.09 bits per heavy atom. The average molecular weight is 644 g/mol. The maximum atomic E-state index is 13.7. The monoisotopic (exact) mass is 643 g/mol. The summed E-state index contributed by atoms with van der Waals surface area (Å²) in [6.07, 6.45) is 2.67. The van der Waals surface area contributed by atoms with Crippen molar-refractivity contribution in [3.8, 4) is 22.4 Å². The lowest BCUT2D eigenvalue weighted by molar-refractivity contribution is 0.0930. The number of carbonyl (C=O) groups is 1. The number of nitrogens with zero attached hydrogens (tertiary/aromatic N) is 3. The van der Waals surface area contributed by atoms with Crippen LogP contribution in [0.2, 0.25) is 0 Å². The molecule has 2 heterocycles. The molecule has 1 unspecified atom stereocenters. The molecule has 1 amide bonds. The highest BCUT2D eigenvalue weighted by molar-refractivity contribution is 7.92. The zero-order chi connectivity index (χ0) is 32.8. The van der Waals surface area contributed by atoms with Crippen LogP contribution in [-0.2, 0) is 15.6 Å². The van der Waals surface area contributed by atoms with Crippen molar-refractivity contribution in [1.82, 2.24) is 14.9 Å². The number of benzene rings is 3. The van der Waals surface area contributed by atoms with Gasteiger partial charge in [-0.2, -0.15) is 5.10 Å². The molecule has 10 nitrogen and oxygen atoms in total. The number of aryl methyl sites for hydroxylation is 1. The smallest absolute Gasteiger partial charge is 0.251 e. The van der Waals surface area contributed by atoms with E-state index in [0.717, 1.165) is 34.5 Å². The number of pyridine rings is 1. The molecule has 0 spiro atoms. The Bertz CT molecular complexity index is 2040. The summed E-state index contributed by atoms with van der Waals surface area (Å²) in [6.45, 7) is 1.14. The summed E-state index contributed by atoms with van der Waals surface area (Å²) in [6, 6.07) is 22.2. The fourth-order valence-electron chi connectivity index (χ4n) is 5.89. The number of hydrogen-bond acceptors (Lipinski definition) is 7. The highest BCUT2D eigenvalue weighted by atomic mass is 32.2. The Morgan fingerprint density at radius 2 is 1.78 bits per heavy atom. The summed E-state index contributed by atoms with van der Waals surface area (Å²) in [4.78, 5) is 13.6. The molecular weight excluding hydrogens is 609 g/mol. The first-order valence-corrected chi connectivity index (χ1v) is 16.6. The summed E-state index contributed by atoms with van der Waals surface area (Å²) < 4.78 is 42.3. The van der Waals surface area contributed by atoms with Gasteiger partial charge >= 0.3 is 0 Å². The summed E-state index contributed by atoms with van der Waals surface area (Å²) in [5.41, 5.74) is 10.3. The van der Waals surface area contributed by atoms with E-state index in [1.54, 1.807) is 24.3 Å². The minimum Gasteiger partial charge on any atom is -0.394 e. The number of nitrogens with two attached hydrogens (primary N) is 1. The van der Waals surface area contributed by atoms with E-state index in [1.807, 2.05) is 37.3 Å². The molecule has 6 rings (SSSR count). The average Bonchev–Trinajstić information content (AvgIpc) is 3.71. The van der Waals surface area contributed by atoms with Gasteiger partial charge in [-0.1, -0.05) is 36.4 Å². The number of amides is 1. The summed E-state index contributed by atoms with van der Waals surface area (Å²) in [5, 5.41) is 28.3. The molecule has 1 atom stereocenters. The van der Waals surface area contributed by atoms with Crippen molar-refractivity contribution in [1.29, 1.82) is 0 Å². The van der Waals surface area contributed by atoms with Gasteiger partial charge in [0, 0.05) is 22.3 Å². The topological polar surface area (TPSA) is 150 Å². The maximum Gasteiger partial charge on any atom is 0.251 e. The van der Waals surface area contributed by atoms with Crippen LogP contribution < -0.4 is 15.4 Å². The van der Waals surface area contributed by atoms with Crippen LogP contribution in [-0.4, -0.2) is 53.6 Å². The molecule has 238 valence electrons. The first-order chi connectivity index (χ1) is 21.9. The summed E-state index contributed by atoms with van der Waals surface area (Å²) in [7, 11) is -3.90. The highest BCUT2D eigenvalue weighted by Crippen LogP contribution is 2.46. The van der Waals surface area contributed by atoms with Gasteiger partial charge in [-0.15, -0.1) is 0 Å². The minimum absolute atomic E-state index is 0.193. The Balaban J connectivity index is 1.53. The van der Waals surface area contributed by atoms with Crippen LogP contribution in [0.25, 0.3) is 27.9 Å². The van der Waals surface area contributed by atoms with E-state index in [9.17, 15) is 27.8 Å². The normalized spacial score (nSPS) is 14.7. The third-order valence-electron chi connectivity index (χ3n) is 8.39. The van der Waals surface area contributed by atoms with Crippen molar-refractivity contribution in [2.45, 2.75) is 31.5 Å². The zero-order valence-corrected chi connectivity index (χ0v) is 26.1. The second kappa shape index (κ2) is 12.0. The molecule has 0 bridgehead atoms. The second-order valence-electron chi connectivity index (χ2n) is 11.6. The van der Waals surface area contributed by atoms with Gasteiger partial charge in [0.25, 0.3) is 5.91 Å². The molecule has 3 aromatic carbocycles. The van der Waals surface area contributed by atoms with E-state index < -0.39 is 34.2 Å². The van der Waals surface area contributed by atoms with E-state index in [1.165, 1.54) is 35.0 Å². The molecule has 5 aromatic rings. The van der Waals surface area contributed by atoms with Crippen LogP contribution in [0.15, 0.2) is 85.1 Å². The molecule has 1 fully saturated rings. The zero-order valence-electron chi connectivity index (χ0n) is 25.3. The number of halogens is 1. The lowest BCUT2D eigenvalue weighted by atomic mass is 9.95. The standard InChI is InChI=1S/C34H34FN5O5S/c1-21-8-9-23(33(43)37-34(14-15-34)24-6-4-3-5-7-24)18-26(21)27-19-28-30(32(36)42)31(22-10-12-25(35)13-11-22)38-39(28)20-29(27)40(16-17-41)46(2,44)45/h3-13,18-20,32,41-42H,14-17,36H2,1-2H3,(H,37,43). The SMILES string of the molecule is Cc1ccc(C(=O)NC2(c3ccccc3)CC2)cc1-c1cc2c(C(N)O)c(-c3ccc(F)cc3)nn2cc1N(CCO)S(C)(=O)=O. The fourth-order valence-corrected chi connectivity index (χ4v) is 6.81. The van der Waals surface area contributed by atoms with Crippen molar-refractivity contribution < 1.29 is 27.8 Å². The van der Waals surface area contributed by atoms with E-state index in [2.05, 4.69) is 10.4 Å². The van der Waals surface area contributed by atoms with Crippen LogP contribution in [0.5, 0.6) is 0 Å². The molecule has 1 aliphatic rings. The molecule has 46 heavy (non-hydrogen) atoms. The predicted octanol–water partition coefficient (Wildman–Crippen LogP) is 4.24. The Labute approximate surface area is 266 Å². The molecule has 5 N–H and O–H groups in total. The number of aromatic nitrogens is 2. The Kier molecular flexibility index (Phi) is 8.15. The lowest BCUT2D eigenvalue weighted by Gasteiger charge is -2.25. The predicted molar refractivity (Wildman–Crippen MR) is 174 cm³/mol. The van der Waals surface area contributed by atoms with Crippen LogP contribution in [0.3, 0.4) is 0 Å². The molecule has 1 saturated carbocycles. The first kappa shape index (κ1) is 31.4. The quantitative estimate of drug-likeness (QED) is 0.166. The number of fused-ring (bicyclic) bond motifs is 1. The van der Waals surface area contributed by atoms with Gasteiger partial charge in [0.15, 0.2) is 0 Å². The molecule has 12 heteroatoms. The fraction of sp³-hybridized carbons (Fsp3) is 0.235. The van der Waals surface area contributed by atoms with Crippen molar-refractivity contribution in [2.75, 3.05) is 23.7 Å². The number of anilines is 1. The molecule has 2 aromatic heterocycles. The van der Waals surface area contributed by atoms with Crippen molar-refractivity contribution >= 4 is 27.1 Å². The molecular formula is C34H34FN5O5S. The minimum atomic E-state index is -3.90.